The third-order valence-corrected chi connectivity index (χ3v) is 5.57. The van der Waals surface area contributed by atoms with Crippen molar-refractivity contribution in [1.82, 2.24) is 24.9 Å². The SMILES string of the molecule is O=C(Cc1nccs1)Cc1ccc(Oc2ncnc3[nH]c(-c4ccccn4)cc23)cc1F. The Balaban J connectivity index is 1.35. The van der Waals surface area contributed by atoms with Gasteiger partial charge < -0.3 is 9.72 Å². The van der Waals surface area contributed by atoms with E-state index in [1.165, 1.54) is 23.7 Å². The Morgan fingerprint density at radius 2 is 1.97 bits per heavy atom. The van der Waals surface area contributed by atoms with Gasteiger partial charge >= 0.3 is 0 Å². The number of hydrogen-bond donors (Lipinski definition) is 1. The van der Waals surface area contributed by atoms with Crippen molar-refractivity contribution in [1.29, 1.82) is 0 Å². The largest absolute Gasteiger partial charge is 0.438 e. The van der Waals surface area contributed by atoms with E-state index in [0.29, 0.717) is 22.5 Å². The summed E-state index contributed by atoms with van der Waals surface area (Å²) >= 11 is 1.41. The number of carbonyl (C=O) groups excluding carboxylic acids is 1. The molecule has 0 atom stereocenters. The minimum absolute atomic E-state index is 0.00527. The number of pyridine rings is 1. The lowest BCUT2D eigenvalue weighted by molar-refractivity contribution is -0.117. The normalized spacial score (nSPS) is 11.0. The van der Waals surface area contributed by atoms with Gasteiger partial charge in [0.1, 0.15) is 29.3 Å². The zero-order valence-corrected chi connectivity index (χ0v) is 17.5. The Morgan fingerprint density at radius 3 is 2.75 bits per heavy atom. The van der Waals surface area contributed by atoms with Crippen LogP contribution >= 0.6 is 11.3 Å². The van der Waals surface area contributed by atoms with E-state index in [1.807, 2.05) is 29.6 Å². The number of H-pyrrole nitrogens is 1. The number of aromatic nitrogens is 5. The van der Waals surface area contributed by atoms with E-state index in [-0.39, 0.29) is 24.4 Å². The van der Waals surface area contributed by atoms with Gasteiger partial charge in [0, 0.05) is 30.3 Å². The summed E-state index contributed by atoms with van der Waals surface area (Å²) in [4.78, 5) is 32.3. The molecule has 0 radical (unpaired) electrons. The van der Waals surface area contributed by atoms with Crippen LogP contribution in [0.1, 0.15) is 10.6 Å². The second-order valence-electron chi connectivity index (χ2n) is 7.01. The van der Waals surface area contributed by atoms with Gasteiger partial charge in [0.15, 0.2) is 0 Å². The van der Waals surface area contributed by atoms with Gasteiger partial charge in [-0.05, 0) is 29.8 Å². The fourth-order valence-corrected chi connectivity index (χ4v) is 3.93. The van der Waals surface area contributed by atoms with Crippen LogP contribution in [0.2, 0.25) is 0 Å². The van der Waals surface area contributed by atoms with E-state index in [0.717, 1.165) is 16.4 Å². The molecule has 32 heavy (non-hydrogen) atoms. The predicted octanol–water partition coefficient (Wildman–Crippen LogP) is 4.76. The molecule has 0 aliphatic heterocycles. The van der Waals surface area contributed by atoms with E-state index in [2.05, 4.69) is 24.9 Å². The first-order chi connectivity index (χ1) is 15.7. The molecule has 4 aromatic heterocycles. The molecule has 4 heterocycles. The van der Waals surface area contributed by atoms with Crippen molar-refractivity contribution in [3.8, 4) is 23.0 Å². The molecule has 0 fully saturated rings. The van der Waals surface area contributed by atoms with Crippen molar-refractivity contribution in [2.24, 2.45) is 0 Å². The predicted molar refractivity (Wildman–Crippen MR) is 118 cm³/mol. The maximum absolute atomic E-state index is 14.6. The van der Waals surface area contributed by atoms with E-state index in [9.17, 15) is 9.18 Å². The lowest BCUT2D eigenvalue weighted by Crippen LogP contribution is -2.07. The molecule has 0 saturated carbocycles. The first-order valence-electron chi connectivity index (χ1n) is 9.77. The highest BCUT2D eigenvalue weighted by Gasteiger charge is 2.14. The van der Waals surface area contributed by atoms with Gasteiger partial charge in [-0.2, -0.15) is 0 Å². The molecule has 0 saturated heterocycles. The Kier molecular flexibility index (Phi) is 5.39. The molecule has 0 amide bonds. The maximum Gasteiger partial charge on any atom is 0.231 e. The van der Waals surface area contributed by atoms with Crippen LogP contribution < -0.4 is 4.74 Å². The van der Waals surface area contributed by atoms with E-state index in [4.69, 9.17) is 4.74 Å². The molecule has 1 N–H and O–H groups in total. The number of rotatable bonds is 7. The summed E-state index contributed by atoms with van der Waals surface area (Å²) in [6.45, 7) is 0. The number of thiazole rings is 1. The molecule has 0 unspecified atom stereocenters. The average Bonchev–Trinajstić information content (AvgIpc) is 3.47. The second-order valence-corrected chi connectivity index (χ2v) is 7.99. The number of fused-ring (bicyclic) bond motifs is 1. The highest BCUT2D eigenvalue weighted by atomic mass is 32.1. The zero-order chi connectivity index (χ0) is 21.9. The van der Waals surface area contributed by atoms with Crippen LogP contribution in [0.5, 0.6) is 11.6 Å². The van der Waals surface area contributed by atoms with Crippen molar-refractivity contribution in [3.05, 3.63) is 83.0 Å². The van der Waals surface area contributed by atoms with Gasteiger partial charge in [0.05, 0.1) is 28.2 Å². The molecule has 158 valence electrons. The number of Topliss-reactive ketones (excluding diaryl/α,β-unsaturated/α-hetero) is 1. The minimum atomic E-state index is -0.511. The molecule has 5 rings (SSSR count). The number of nitrogens with one attached hydrogen (secondary N) is 1. The Hall–Kier alpha value is -3.98. The summed E-state index contributed by atoms with van der Waals surface area (Å²) in [5.74, 6) is -0.0393. The van der Waals surface area contributed by atoms with E-state index >= 15 is 0 Å². The summed E-state index contributed by atoms with van der Waals surface area (Å²) in [6, 6.07) is 11.9. The summed E-state index contributed by atoms with van der Waals surface area (Å²) in [7, 11) is 0. The van der Waals surface area contributed by atoms with Crippen LogP contribution in [0.4, 0.5) is 4.39 Å². The molecule has 5 aromatic rings. The van der Waals surface area contributed by atoms with Crippen LogP contribution in [0.15, 0.2) is 66.6 Å². The van der Waals surface area contributed by atoms with Crippen LogP contribution in [-0.2, 0) is 17.6 Å². The number of nitrogens with zero attached hydrogens (tertiary/aromatic N) is 4. The molecular formula is C23H16FN5O2S. The van der Waals surface area contributed by atoms with Gasteiger partial charge in [-0.15, -0.1) is 11.3 Å². The highest BCUT2D eigenvalue weighted by Crippen LogP contribution is 2.30. The first kappa shape index (κ1) is 20.0. The van der Waals surface area contributed by atoms with Crippen molar-refractivity contribution in [2.45, 2.75) is 12.8 Å². The first-order valence-corrected chi connectivity index (χ1v) is 10.6. The third kappa shape index (κ3) is 4.23. The fourth-order valence-electron chi connectivity index (χ4n) is 3.29. The lowest BCUT2D eigenvalue weighted by atomic mass is 10.1. The maximum atomic E-state index is 14.6. The summed E-state index contributed by atoms with van der Waals surface area (Å²) in [6.07, 6.45) is 4.91. The number of halogens is 1. The minimum Gasteiger partial charge on any atom is -0.438 e. The smallest absolute Gasteiger partial charge is 0.231 e. The Labute approximate surface area is 186 Å². The average molecular weight is 445 g/mol. The molecule has 0 spiro atoms. The topological polar surface area (TPSA) is 93.6 Å². The molecular weight excluding hydrogens is 429 g/mol. The standard InChI is InChI=1S/C23H16FN5O2S/c24-18-11-16(5-4-14(18)9-15(30)10-21-26-7-8-32-21)31-23-17-12-20(19-3-1-2-6-25-19)29-22(17)27-13-28-23/h1-8,11-13H,9-10H2,(H,27,28,29). The molecule has 9 heteroatoms. The van der Waals surface area contributed by atoms with E-state index < -0.39 is 5.82 Å². The number of benzene rings is 1. The second kappa shape index (κ2) is 8.64. The van der Waals surface area contributed by atoms with Crippen molar-refractivity contribution < 1.29 is 13.9 Å². The van der Waals surface area contributed by atoms with Crippen molar-refractivity contribution in [3.63, 3.8) is 0 Å². The highest BCUT2D eigenvalue weighted by molar-refractivity contribution is 7.09. The summed E-state index contributed by atoms with van der Waals surface area (Å²) in [5.41, 5.74) is 2.42. The summed E-state index contributed by atoms with van der Waals surface area (Å²) in [5, 5.41) is 3.18. The van der Waals surface area contributed by atoms with Gasteiger partial charge in [-0.3, -0.25) is 9.78 Å². The molecule has 0 aliphatic carbocycles. The third-order valence-electron chi connectivity index (χ3n) is 4.79. The molecule has 7 nitrogen and oxygen atoms in total. The van der Waals surface area contributed by atoms with Crippen LogP contribution in [0.25, 0.3) is 22.4 Å². The Bertz CT molecular complexity index is 1390. The van der Waals surface area contributed by atoms with E-state index in [1.54, 1.807) is 24.5 Å². The van der Waals surface area contributed by atoms with Gasteiger partial charge in [0.2, 0.25) is 5.88 Å². The lowest BCUT2D eigenvalue weighted by Gasteiger charge is -2.08. The quantitative estimate of drug-likeness (QED) is 0.388. The Morgan fingerprint density at radius 1 is 1.03 bits per heavy atom. The van der Waals surface area contributed by atoms with Gasteiger partial charge in [-0.25, -0.2) is 19.3 Å². The van der Waals surface area contributed by atoms with Crippen LogP contribution in [0.3, 0.4) is 0 Å². The summed E-state index contributed by atoms with van der Waals surface area (Å²) < 4.78 is 20.5. The number of aromatic amines is 1. The van der Waals surface area contributed by atoms with Gasteiger partial charge in [-0.1, -0.05) is 12.1 Å². The molecule has 1 aromatic carbocycles. The monoisotopic (exact) mass is 445 g/mol. The van der Waals surface area contributed by atoms with Crippen LogP contribution in [0, 0.1) is 5.82 Å². The van der Waals surface area contributed by atoms with Crippen molar-refractivity contribution >= 4 is 28.2 Å². The van der Waals surface area contributed by atoms with Gasteiger partial charge in [0.25, 0.3) is 0 Å². The number of ether oxygens (including phenoxy) is 1. The van der Waals surface area contributed by atoms with Crippen LogP contribution in [-0.4, -0.2) is 30.7 Å². The molecule has 0 bridgehead atoms. The number of carbonyl (C=O) groups is 1. The van der Waals surface area contributed by atoms with Crippen molar-refractivity contribution in [2.75, 3.05) is 0 Å². The number of ketones is 1. The zero-order valence-electron chi connectivity index (χ0n) is 16.7. The fraction of sp³-hybridized carbons (Fsp3) is 0.0870. The number of hydrogen-bond acceptors (Lipinski definition) is 7. The molecule has 0 aliphatic rings.